The summed E-state index contributed by atoms with van der Waals surface area (Å²) in [6.07, 6.45) is 2.38. The van der Waals surface area contributed by atoms with Gasteiger partial charge in [0.15, 0.2) is 5.82 Å². The van der Waals surface area contributed by atoms with Crippen LogP contribution in [0.15, 0.2) is 35.1 Å². The van der Waals surface area contributed by atoms with Crippen LogP contribution in [-0.2, 0) is 9.47 Å². The average molecular weight is 377 g/mol. The monoisotopic (exact) mass is 377 g/mol. The first-order valence-corrected chi connectivity index (χ1v) is 8.50. The SMILES string of the molecule is O=C1O[C@@H](CNc2ccon2)CN1c1cc(F)c(C2=CCOCC2)c(F)c1. The standard InChI is InChI=1S/C18H17F2N3O4/c19-14-7-12(8-15(20)17(14)11-1-4-25-5-2-11)23-10-13(27-18(23)24)9-21-16-3-6-26-22-16/h1,3,6-8,13H,2,4-5,9-10H2,(H,21,22)/t13-/m0/s1. The molecular formula is C18H17F2N3O4. The minimum absolute atomic E-state index is 0.0705. The quantitative estimate of drug-likeness (QED) is 0.862. The molecule has 0 spiro atoms. The molecule has 1 amide bonds. The fourth-order valence-electron chi connectivity index (χ4n) is 3.14. The van der Waals surface area contributed by atoms with Crippen molar-refractivity contribution in [2.45, 2.75) is 12.5 Å². The van der Waals surface area contributed by atoms with Gasteiger partial charge in [-0.25, -0.2) is 13.6 Å². The van der Waals surface area contributed by atoms with Gasteiger partial charge in [-0.3, -0.25) is 4.90 Å². The number of rotatable bonds is 5. The van der Waals surface area contributed by atoms with Crippen LogP contribution < -0.4 is 10.2 Å². The Balaban J connectivity index is 1.49. The molecule has 9 heteroatoms. The summed E-state index contributed by atoms with van der Waals surface area (Å²) in [6, 6.07) is 3.94. The van der Waals surface area contributed by atoms with E-state index in [1.54, 1.807) is 12.1 Å². The predicted molar refractivity (Wildman–Crippen MR) is 92.4 cm³/mol. The minimum Gasteiger partial charge on any atom is -0.442 e. The summed E-state index contributed by atoms with van der Waals surface area (Å²) in [7, 11) is 0. The third-order valence-corrected chi connectivity index (χ3v) is 4.45. The van der Waals surface area contributed by atoms with E-state index < -0.39 is 23.8 Å². The highest BCUT2D eigenvalue weighted by atomic mass is 19.1. The molecule has 0 unspecified atom stereocenters. The molecule has 0 aliphatic carbocycles. The van der Waals surface area contributed by atoms with Crippen molar-refractivity contribution in [3.63, 3.8) is 0 Å². The van der Waals surface area contributed by atoms with Crippen LogP contribution in [0.1, 0.15) is 12.0 Å². The van der Waals surface area contributed by atoms with Crippen LogP contribution in [0.25, 0.3) is 5.57 Å². The zero-order valence-electron chi connectivity index (χ0n) is 14.3. The maximum atomic E-state index is 14.6. The molecule has 1 saturated heterocycles. The molecule has 0 bridgehead atoms. The number of hydrogen-bond donors (Lipinski definition) is 1. The van der Waals surface area contributed by atoms with E-state index in [1.807, 2.05) is 0 Å². The van der Waals surface area contributed by atoms with Crippen LogP contribution in [0.3, 0.4) is 0 Å². The van der Waals surface area contributed by atoms with Gasteiger partial charge in [-0.15, -0.1) is 0 Å². The Kier molecular flexibility index (Phi) is 4.76. The molecule has 2 aliphatic heterocycles. The van der Waals surface area contributed by atoms with Crippen molar-refractivity contribution in [3.05, 3.63) is 47.7 Å². The van der Waals surface area contributed by atoms with Crippen molar-refractivity contribution >= 4 is 23.2 Å². The van der Waals surface area contributed by atoms with Crippen LogP contribution in [0.2, 0.25) is 0 Å². The number of amides is 1. The van der Waals surface area contributed by atoms with Gasteiger partial charge in [-0.1, -0.05) is 11.2 Å². The number of nitrogens with zero attached hydrogens (tertiary/aromatic N) is 2. The van der Waals surface area contributed by atoms with E-state index in [1.165, 1.54) is 11.2 Å². The lowest BCUT2D eigenvalue weighted by Crippen LogP contribution is -2.27. The summed E-state index contributed by atoms with van der Waals surface area (Å²) in [5.74, 6) is -0.916. The van der Waals surface area contributed by atoms with Gasteiger partial charge in [0.1, 0.15) is 24.0 Å². The number of carbonyl (C=O) groups is 1. The molecule has 1 fully saturated rings. The molecule has 2 aliphatic rings. The number of aromatic nitrogens is 1. The number of nitrogens with one attached hydrogen (secondary N) is 1. The average Bonchev–Trinajstić information content (AvgIpc) is 3.29. The van der Waals surface area contributed by atoms with Gasteiger partial charge in [0.05, 0.1) is 32.0 Å². The maximum absolute atomic E-state index is 14.6. The maximum Gasteiger partial charge on any atom is 0.414 e. The van der Waals surface area contributed by atoms with Crippen molar-refractivity contribution in [1.82, 2.24) is 5.16 Å². The van der Waals surface area contributed by atoms with Gasteiger partial charge in [0.2, 0.25) is 0 Å². The smallest absolute Gasteiger partial charge is 0.414 e. The summed E-state index contributed by atoms with van der Waals surface area (Å²) in [6.45, 7) is 1.21. The first kappa shape index (κ1) is 17.5. The van der Waals surface area contributed by atoms with Gasteiger partial charge < -0.3 is 19.3 Å². The van der Waals surface area contributed by atoms with Crippen molar-refractivity contribution < 1.29 is 27.6 Å². The van der Waals surface area contributed by atoms with Crippen molar-refractivity contribution in [2.24, 2.45) is 0 Å². The molecule has 0 saturated carbocycles. The Morgan fingerprint density at radius 3 is 2.78 bits per heavy atom. The normalized spacial score (nSPS) is 19.8. The summed E-state index contributed by atoms with van der Waals surface area (Å²) in [4.78, 5) is 13.3. The number of halogens is 2. The number of cyclic esters (lactones) is 1. The van der Waals surface area contributed by atoms with E-state index in [2.05, 4.69) is 10.5 Å². The predicted octanol–water partition coefficient (Wildman–Crippen LogP) is 3.19. The second-order valence-electron chi connectivity index (χ2n) is 6.22. The molecule has 1 N–H and O–H groups in total. The van der Waals surface area contributed by atoms with Crippen molar-refractivity contribution in [2.75, 3.05) is 36.5 Å². The van der Waals surface area contributed by atoms with Crippen LogP contribution in [0.5, 0.6) is 0 Å². The third kappa shape index (κ3) is 3.63. The topological polar surface area (TPSA) is 76.8 Å². The van der Waals surface area contributed by atoms with Crippen LogP contribution >= 0.6 is 0 Å². The molecule has 3 heterocycles. The van der Waals surface area contributed by atoms with Crippen LogP contribution in [-0.4, -0.2) is 43.7 Å². The Bertz CT molecular complexity index is 846. The highest BCUT2D eigenvalue weighted by Crippen LogP contribution is 2.31. The minimum atomic E-state index is -0.713. The van der Waals surface area contributed by atoms with Gasteiger partial charge in [0, 0.05) is 11.6 Å². The highest BCUT2D eigenvalue weighted by Gasteiger charge is 2.33. The van der Waals surface area contributed by atoms with Crippen molar-refractivity contribution in [1.29, 1.82) is 0 Å². The molecule has 1 aromatic heterocycles. The molecule has 4 rings (SSSR count). The summed E-state index contributed by atoms with van der Waals surface area (Å²) >= 11 is 0. The first-order chi connectivity index (χ1) is 13.1. The van der Waals surface area contributed by atoms with Gasteiger partial charge >= 0.3 is 6.09 Å². The Morgan fingerprint density at radius 1 is 1.30 bits per heavy atom. The molecular weight excluding hydrogens is 360 g/mol. The molecule has 27 heavy (non-hydrogen) atoms. The summed E-state index contributed by atoms with van der Waals surface area (Å²) in [5, 5.41) is 6.65. The van der Waals surface area contributed by atoms with Crippen LogP contribution in [0.4, 0.5) is 25.1 Å². The van der Waals surface area contributed by atoms with Gasteiger partial charge in [-0.2, -0.15) is 0 Å². The highest BCUT2D eigenvalue weighted by molar-refractivity contribution is 5.90. The second-order valence-corrected chi connectivity index (χ2v) is 6.22. The molecule has 1 atom stereocenters. The summed E-state index contributed by atoms with van der Waals surface area (Å²) in [5.41, 5.74) is 0.621. The zero-order valence-corrected chi connectivity index (χ0v) is 14.3. The number of ether oxygens (including phenoxy) is 2. The largest absolute Gasteiger partial charge is 0.442 e. The van der Waals surface area contributed by atoms with E-state index in [9.17, 15) is 13.6 Å². The van der Waals surface area contributed by atoms with Gasteiger partial charge in [0.25, 0.3) is 0 Å². The second kappa shape index (κ2) is 7.36. The third-order valence-electron chi connectivity index (χ3n) is 4.45. The van der Waals surface area contributed by atoms with E-state index in [4.69, 9.17) is 14.0 Å². The summed E-state index contributed by atoms with van der Waals surface area (Å²) < 4.78 is 44.3. The number of anilines is 2. The Morgan fingerprint density at radius 2 is 2.11 bits per heavy atom. The van der Waals surface area contributed by atoms with E-state index in [0.717, 1.165) is 12.1 Å². The molecule has 0 radical (unpaired) electrons. The Labute approximate surface area is 153 Å². The lowest BCUT2D eigenvalue weighted by molar-refractivity contribution is 0.147. The first-order valence-electron chi connectivity index (χ1n) is 8.50. The van der Waals surface area contributed by atoms with E-state index >= 15 is 0 Å². The van der Waals surface area contributed by atoms with Crippen LogP contribution in [0, 0.1) is 11.6 Å². The number of hydrogen-bond acceptors (Lipinski definition) is 6. The lowest BCUT2D eigenvalue weighted by atomic mass is 9.99. The molecule has 7 nitrogen and oxygen atoms in total. The molecule has 2 aromatic rings. The molecule has 1 aromatic carbocycles. The van der Waals surface area contributed by atoms with Gasteiger partial charge in [-0.05, 0) is 24.1 Å². The molecule has 142 valence electrons. The Hall–Kier alpha value is -2.94. The number of carbonyl (C=O) groups excluding carboxylic acids is 1. The van der Waals surface area contributed by atoms with E-state index in [0.29, 0.717) is 37.6 Å². The number of benzene rings is 1. The van der Waals surface area contributed by atoms with E-state index in [-0.39, 0.29) is 17.8 Å². The lowest BCUT2D eigenvalue weighted by Gasteiger charge is -2.18. The fraction of sp³-hybridized carbons (Fsp3) is 0.333. The fourth-order valence-corrected chi connectivity index (χ4v) is 3.14. The van der Waals surface area contributed by atoms with Crippen molar-refractivity contribution in [3.8, 4) is 0 Å². The zero-order chi connectivity index (χ0) is 18.8.